The Morgan fingerprint density at radius 3 is 1.52 bits per heavy atom. The molecule has 0 atom stereocenters. The number of benzene rings is 3. The maximum Gasteiger partial charge on any atom is 0.342 e. The van der Waals surface area contributed by atoms with Crippen molar-refractivity contribution in [1.82, 2.24) is 0 Å². The van der Waals surface area contributed by atoms with Crippen LogP contribution in [0.5, 0.6) is 23.0 Å². The highest BCUT2D eigenvalue weighted by Crippen LogP contribution is 2.39. The molecular formula is C42H48F2I2O10. The maximum atomic E-state index is 14.5. The zero-order valence-corrected chi connectivity index (χ0v) is 36.0. The molecule has 0 heterocycles. The number of rotatable bonds is 21. The molecule has 2 saturated carbocycles. The predicted octanol–water partition coefficient (Wildman–Crippen LogP) is 10.4. The van der Waals surface area contributed by atoms with Gasteiger partial charge < -0.3 is 37.9 Å². The van der Waals surface area contributed by atoms with Gasteiger partial charge in [0, 0.05) is 19.3 Å². The van der Waals surface area contributed by atoms with Crippen LogP contribution in [0.4, 0.5) is 8.78 Å². The minimum Gasteiger partial charge on any atom is -0.490 e. The Hall–Kier alpha value is -3.22. The molecule has 3 aromatic rings. The van der Waals surface area contributed by atoms with Crippen molar-refractivity contribution in [2.45, 2.75) is 89.3 Å². The summed E-state index contributed by atoms with van der Waals surface area (Å²) in [5.74, 6) is -1.16. The summed E-state index contributed by atoms with van der Waals surface area (Å²) >= 11 is 3.68. The fourth-order valence-electron chi connectivity index (χ4n) is 6.85. The van der Waals surface area contributed by atoms with Crippen molar-refractivity contribution >= 4 is 63.2 Å². The molecule has 0 unspecified atom stereocenters. The summed E-state index contributed by atoms with van der Waals surface area (Å²) < 4.78 is 75.9. The van der Waals surface area contributed by atoms with Crippen molar-refractivity contribution in [1.29, 1.82) is 0 Å². The number of hydrogen-bond acceptors (Lipinski definition) is 10. The molecule has 0 spiro atoms. The summed E-state index contributed by atoms with van der Waals surface area (Å²) in [5, 5.41) is 0. The molecule has 0 aliphatic heterocycles. The third-order valence-corrected chi connectivity index (χ3v) is 11.8. The normalized spacial score (nSPS) is 15.6. The highest BCUT2D eigenvalue weighted by Gasteiger charge is 2.38. The first-order chi connectivity index (χ1) is 27.0. The number of esters is 2. The molecule has 3 aromatic carbocycles. The van der Waals surface area contributed by atoms with E-state index in [0.717, 1.165) is 56.9 Å². The fourth-order valence-corrected chi connectivity index (χ4v) is 7.78. The summed E-state index contributed by atoms with van der Waals surface area (Å²) in [7, 11) is 0. The molecule has 304 valence electrons. The van der Waals surface area contributed by atoms with Gasteiger partial charge in [-0.15, -0.1) is 0 Å². The van der Waals surface area contributed by atoms with Gasteiger partial charge in [0.25, 0.3) is 0 Å². The Kier molecular flexibility index (Phi) is 16.4. The quantitative estimate of drug-likeness (QED) is 0.0443. The van der Waals surface area contributed by atoms with E-state index in [-0.39, 0.29) is 69.8 Å². The fraction of sp³-hybridized carbons (Fsp3) is 0.476. The summed E-state index contributed by atoms with van der Waals surface area (Å²) in [5.41, 5.74) is 0.119. The molecule has 0 N–H and O–H groups in total. The number of ether oxygens (including phenoxy) is 8. The summed E-state index contributed by atoms with van der Waals surface area (Å²) in [4.78, 5) is 26.4. The Morgan fingerprint density at radius 1 is 0.643 bits per heavy atom. The lowest BCUT2D eigenvalue weighted by Gasteiger charge is -2.28. The van der Waals surface area contributed by atoms with Gasteiger partial charge in [0.1, 0.15) is 58.7 Å². The van der Waals surface area contributed by atoms with Gasteiger partial charge in [-0.3, -0.25) is 0 Å². The van der Waals surface area contributed by atoms with Crippen molar-refractivity contribution in [2.75, 3.05) is 40.0 Å². The molecule has 5 rings (SSSR count). The highest BCUT2D eigenvalue weighted by atomic mass is 127. The van der Waals surface area contributed by atoms with Crippen LogP contribution in [0.25, 0.3) is 6.08 Å². The molecule has 2 fully saturated rings. The van der Waals surface area contributed by atoms with Gasteiger partial charge in [-0.25, -0.2) is 18.4 Å². The van der Waals surface area contributed by atoms with Gasteiger partial charge in [0.2, 0.25) is 0 Å². The topological polar surface area (TPSA) is 108 Å². The first-order valence-corrected chi connectivity index (χ1v) is 21.0. The Bertz CT molecular complexity index is 1830. The van der Waals surface area contributed by atoms with E-state index < -0.39 is 34.8 Å². The van der Waals surface area contributed by atoms with Crippen LogP contribution in [0, 0.1) is 18.8 Å². The lowest BCUT2D eigenvalue weighted by atomic mass is 9.98. The average molecular weight is 1000 g/mol. The van der Waals surface area contributed by atoms with Crippen LogP contribution in [-0.4, -0.2) is 63.2 Å². The third kappa shape index (κ3) is 11.7. The molecule has 2 aliphatic carbocycles. The van der Waals surface area contributed by atoms with Crippen molar-refractivity contribution in [3.8, 4) is 23.0 Å². The van der Waals surface area contributed by atoms with Crippen molar-refractivity contribution < 1.29 is 56.3 Å². The van der Waals surface area contributed by atoms with E-state index in [4.69, 9.17) is 37.9 Å². The monoisotopic (exact) mass is 1000 g/mol. The molecule has 0 aromatic heterocycles. The lowest BCUT2D eigenvalue weighted by molar-refractivity contribution is -0.0195. The predicted molar refractivity (Wildman–Crippen MR) is 222 cm³/mol. The SMILES string of the molecule is C=Cc1ccc(OCOCCOc2cc(F)c(I)cc2C(=O)OC2(CC)CCCC2)c(OCOCCOc2cc(F)c(I)cc2C(=O)OC2(CC)CCCC2)c1. The first-order valence-electron chi connectivity index (χ1n) is 18.9. The summed E-state index contributed by atoms with van der Waals surface area (Å²) in [6.45, 7) is 7.68. The van der Waals surface area contributed by atoms with Crippen LogP contribution in [0.1, 0.15) is 104 Å². The smallest absolute Gasteiger partial charge is 0.342 e. The second kappa shape index (κ2) is 21.0. The van der Waals surface area contributed by atoms with Crippen LogP contribution < -0.4 is 18.9 Å². The molecule has 0 bridgehead atoms. The second-order valence-corrected chi connectivity index (χ2v) is 16.1. The Balaban J connectivity index is 1.08. The zero-order valence-electron chi connectivity index (χ0n) is 31.7. The number of carbonyl (C=O) groups excluding carboxylic acids is 2. The highest BCUT2D eigenvalue weighted by molar-refractivity contribution is 14.1. The molecule has 0 radical (unpaired) electrons. The Labute approximate surface area is 354 Å². The minimum atomic E-state index is -0.533. The van der Waals surface area contributed by atoms with Gasteiger partial charge in [-0.1, -0.05) is 32.6 Å². The van der Waals surface area contributed by atoms with Crippen LogP contribution in [0.2, 0.25) is 0 Å². The molecule has 2 aliphatic rings. The van der Waals surface area contributed by atoms with Crippen LogP contribution in [0.3, 0.4) is 0 Å². The largest absolute Gasteiger partial charge is 0.490 e. The van der Waals surface area contributed by atoms with Gasteiger partial charge in [-0.2, -0.15) is 0 Å². The molecule has 14 heteroatoms. The van der Waals surface area contributed by atoms with E-state index in [1.165, 1.54) is 24.3 Å². The van der Waals surface area contributed by atoms with E-state index >= 15 is 0 Å². The van der Waals surface area contributed by atoms with Crippen LogP contribution in [-0.2, 0) is 18.9 Å². The van der Waals surface area contributed by atoms with Gasteiger partial charge in [-0.05, 0) is 139 Å². The average Bonchev–Trinajstić information content (AvgIpc) is 3.87. The van der Waals surface area contributed by atoms with Gasteiger partial charge >= 0.3 is 11.9 Å². The van der Waals surface area contributed by atoms with E-state index in [1.807, 2.05) is 59.0 Å². The first kappa shape index (κ1) is 43.9. The second-order valence-electron chi connectivity index (χ2n) is 13.7. The Morgan fingerprint density at radius 2 is 1.09 bits per heavy atom. The molecule has 56 heavy (non-hydrogen) atoms. The molecule has 0 amide bonds. The minimum absolute atomic E-state index is 0.0195. The van der Waals surface area contributed by atoms with Crippen molar-refractivity contribution in [3.63, 3.8) is 0 Å². The number of halogens is 4. The van der Waals surface area contributed by atoms with E-state index in [0.29, 0.717) is 24.3 Å². The number of hydrogen-bond donors (Lipinski definition) is 0. The summed E-state index contributed by atoms with van der Waals surface area (Å²) in [6, 6.07) is 10.5. The maximum absolute atomic E-state index is 14.5. The lowest BCUT2D eigenvalue weighted by Crippen LogP contribution is -2.31. The van der Waals surface area contributed by atoms with Crippen molar-refractivity contribution in [2.24, 2.45) is 0 Å². The molecular weight excluding hydrogens is 956 g/mol. The third-order valence-electron chi connectivity index (χ3n) is 10.2. The standard InChI is InChI=1S/C42H48F2I2O10/c1-4-28-11-12-35(53-26-49-17-19-51-36-24-31(43)33(45)22-29(36)39(47)55-41(5-2)13-7-8-14-41)38(21-28)54-27-50-18-20-52-37-25-32(44)34(46)23-30(37)40(48)56-42(6-3)15-9-10-16-42/h4,11-12,21-25H,1,5-10,13-20,26-27H2,2-3H3. The number of carbonyl (C=O) groups is 2. The van der Waals surface area contributed by atoms with Crippen molar-refractivity contribution in [3.05, 3.63) is 84.5 Å². The van der Waals surface area contributed by atoms with Gasteiger partial charge in [0.05, 0.1) is 13.2 Å². The van der Waals surface area contributed by atoms with Crippen LogP contribution >= 0.6 is 45.2 Å². The van der Waals surface area contributed by atoms with Gasteiger partial charge in [0.15, 0.2) is 25.1 Å². The zero-order chi connectivity index (χ0) is 40.1. The van der Waals surface area contributed by atoms with E-state index in [1.54, 1.807) is 24.3 Å². The summed E-state index contributed by atoms with van der Waals surface area (Å²) in [6.07, 6.45) is 10.3. The van der Waals surface area contributed by atoms with E-state index in [9.17, 15) is 18.4 Å². The van der Waals surface area contributed by atoms with E-state index in [2.05, 4.69) is 6.58 Å². The molecule has 10 nitrogen and oxygen atoms in total. The molecule has 0 saturated heterocycles. The van der Waals surface area contributed by atoms with Crippen LogP contribution in [0.15, 0.2) is 49.0 Å².